The van der Waals surface area contributed by atoms with Crippen molar-refractivity contribution >= 4 is 17.3 Å². The molecule has 0 heterocycles. The van der Waals surface area contributed by atoms with Crippen LogP contribution in [0.1, 0.15) is 19.8 Å². The van der Waals surface area contributed by atoms with E-state index in [9.17, 15) is 4.79 Å². The number of carbonyl (C=O) groups excluding carboxylic acids is 1. The molecule has 1 rings (SSSR count). The molecule has 0 aliphatic heterocycles. The number of carbonyl (C=O) groups is 1. The fourth-order valence-electron chi connectivity index (χ4n) is 2.14. The first-order chi connectivity index (χ1) is 12.2. The van der Waals surface area contributed by atoms with Gasteiger partial charge in [-0.25, -0.2) is 0 Å². The molecular weight excluding hydrogens is 320 g/mol. The van der Waals surface area contributed by atoms with E-state index in [1.807, 2.05) is 36.4 Å². The molecule has 0 aliphatic carbocycles. The molecular formula is C18H24N4O3. The van der Waals surface area contributed by atoms with Gasteiger partial charge in [0.15, 0.2) is 0 Å². The van der Waals surface area contributed by atoms with Crippen LogP contribution in [0.15, 0.2) is 24.3 Å². The number of nitrogens with zero attached hydrogens (tertiary/aromatic N) is 3. The van der Waals surface area contributed by atoms with E-state index in [-0.39, 0.29) is 5.91 Å². The summed E-state index contributed by atoms with van der Waals surface area (Å²) in [4.78, 5) is 13.3. The summed E-state index contributed by atoms with van der Waals surface area (Å²) < 4.78 is 10.9. The summed E-state index contributed by atoms with van der Waals surface area (Å²) in [6.45, 7) is 4.54. The standard InChI is InChI=1S/C18H24N4O3/c1-16(23)21-17-5-2-6-18(15-17)22(9-13-24-11-3-7-19)10-14-25-12-4-8-20/h2,5-6,15H,3-4,9-14H2,1H3,(H,21,23). The first-order valence-corrected chi connectivity index (χ1v) is 8.19. The zero-order valence-corrected chi connectivity index (χ0v) is 14.5. The second-order valence-corrected chi connectivity index (χ2v) is 5.26. The van der Waals surface area contributed by atoms with Crippen LogP contribution in [0.5, 0.6) is 0 Å². The largest absolute Gasteiger partial charge is 0.379 e. The lowest BCUT2D eigenvalue weighted by Crippen LogP contribution is -2.31. The highest BCUT2D eigenvalue weighted by Gasteiger charge is 2.08. The van der Waals surface area contributed by atoms with Crippen molar-refractivity contribution in [3.63, 3.8) is 0 Å². The van der Waals surface area contributed by atoms with Crippen LogP contribution in [0, 0.1) is 22.7 Å². The minimum Gasteiger partial charge on any atom is -0.379 e. The summed E-state index contributed by atoms with van der Waals surface area (Å²) in [6, 6.07) is 11.6. The van der Waals surface area contributed by atoms with Crippen molar-refractivity contribution in [3.8, 4) is 12.1 Å². The Bertz CT molecular complexity index is 583. The van der Waals surface area contributed by atoms with Crippen LogP contribution in [0.4, 0.5) is 11.4 Å². The van der Waals surface area contributed by atoms with Crippen LogP contribution >= 0.6 is 0 Å². The van der Waals surface area contributed by atoms with Crippen molar-refractivity contribution in [3.05, 3.63) is 24.3 Å². The Hall–Kier alpha value is -2.61. The highest BCUT2D eigenvalue weighted by molar-refractivity contribution is 5.89. The van der Waals surface area contributed by atoms with Gasteiger partial charge in [-0.05, 0) is 18.2 Å². The van der Waals surface area contributed by atoms with E-state index in [1.165, 1.54) is 6.92 Å². The van der Waals surface area contributed by atoms with Gasteiger partial charge in [0, 0.05) is 31.4 Å². The van der Waals surface area contributed by atoms with Gasteiger partial charge in [0.05, 0.1) is 51.4 Å². The molecule has 1 aromatic carbocycles. The number of ether oxygens (including phenoxy) is 2. The first kappa shape index (κ1) is 20.4. The summed E-state index contributed by atoms with van der Waals surface area (Å²) in [5, 5.41) is 19.8. The average Bonchev–Trinajstić information content (AvgIpc) is 2.59. The number of nitrogens with one attached hydrogen (secondary N) is 1. The lowest BCUT2D eigenvalue weighted by molar-refractivity contribution is -0.114. The van der Waals surface area contributed by atoms with Gasteiger partial charge >= 0.3 is 0 Å². The lowest BCUT2D eigenvalue weighted by atomic mass is 10.2. The van der Waals surface area contributed by atoms with Crippen LogP contribution in [0.2, 0.25) is 0 Å². The molecule has 0 bridgehead atoms. The smallest absolute Gasteiger partial charge is 0.221 e. The summed E-state index contributed by atoms with van der Waals surface area (Å²) in [6.07, 6.45) is 0.741. The number of anilines is 2. The molecule has 0 fully saturated rings. The zero-order chi connectivity index (χ0) is 18.3. The molecule has 7 nitrogen and oxygen atoms in total. The third-order valence-electron chi connectivity index (χ3n) is 3.26. The number of hydrogen-bond acceptors (Lipinski definition) is 6. The van der Waals surface area contributed by atoms with Gasteiger partial charge in [0.25, 0.3) is 0 Å². The van der Waals surface area contributed by atoms with E-state index >= 15 is 0 Å². The van der Waals surface area contributed by atoms with Crippen molar-refractivity contribution in [1.82, 2.24) is 0 Å². The number of amides is 1. The number of rotatable bonds is 12. The normalized spacial score (nSPS) is 9.88. The second-order valence-electron chi connectivity index (χ2n) is 5.26. The van der Waals surface area contributed by atoms with Crippen LogP contribution in [0.25, 0.3) is 0 Å². The third kappa shape index (κ3) is 9.31. The second kappa shape index (κ2) is 12.8. The molecule has 1 amide bonds. The molecule has 0 unspecified atom stereocenters. The Balaban J connectivity index is 2.63. The van der Waals surface area contributed by atoms with Gasteiger partial charge in [-0.1, -0.05) is 6.07 Å². The molecule has 0 aliphatic rings. The van der Waals surface area contributed by atoms with E-state index in [0.717, 1.165) is 11.4 Å². The van der Waals surface area contributed by atoms with Crippen molar-refractivity contribution in [2.75, 3.05) is 49.7 Å². The zero-order valence-electron chi connectivity index (χ0n) is 14.5. The predicted molar refractivity (Wildman–Crippen MR) is 95.1 cm³/mol. The van der Waals surface area contributed by atoms with Crippen LogP contribution in [0.3, 0.4) is 0 Å². The van der Waals surface area contributed by atoms with E-state index in [1.54, 1.807) is 0 Å². The maximum atomic E-state index is 11.2. The van der Waals surface area contributed by atoms with Crippen LogP contribution in [-0.4, -0.2) is 45.4 Å². The summed E-state index contributed by atoms with van der Waals surface area (Å²) in [7, 11) is 0. The van der Waals surface area contributed by atoms with E-state index in [4.69, 9.17) is 20.0 Å². The monoisotopic (exact) mass is 344 g/mol. The quantitative estimate of drug-likeness (QED) is 0.584. The van der Waals surface area contributed by atoms with E-state index < -0.39 is 0 Å². The molecule has 0 atom stereocenters. The highest BCUT2D eigenvalue weighted by atomic mass is 16.5. The van der Waals surface area contributed by atoms with Crippen LogP contribution in [-0.2, 0) is 14.3 Å². The minimum absolute atomic E-state index is 0.122. The number of nitriles is 2. The van der Waals surface area contributed by atoms with Crippen LogP contribution < -0.4 is 10.2 Å². The van der Waals surface area contributed by atoms with Gasteiger partial charge < -0.3 is 19.7 Å². The Kier molecular flexibility index (Phi) is 10.4. The van der Waals surface area contributed by atoms with E-state index in [2.05, 4.69) is 10.2 Å². The summed E-state index contributed by atoms with van der Waals surface area (Å²) in [5.41, 5.74) is 1.67. The first-order valence-electron chi connectivity index (χ1n) is 8.19. The molecule has 0 aromatic heterocycles. The van der Waals surface area contributed by atoms with Gasteiger partial charge in [-0.15, -0.1) is 0 Å². The highest BCUT2D eigenvalue weighted by Crippen LogP contribution is 2.19. The maximum Gasteiger partial charge on any atom is 0.221 e. The van der Waals surface area contributed by atoms with E-state index in [0.29, 0.717) is 52.4 Å². The summed E-state index contributed by atoms with van der Waals surface area (Å²) in [5.74, 6) is -0.122. The molecule has 1 N–H and O–H groups in total. The molecule has 134 valence electrons. The molecule has 0 saturated heterocycles. The fraction of sp³-hybridized carbons (Fsp3) is 0.500. The van der Waals surface area contributed by atoms with Crippen molar-refractivity contribution < 1.29 is 14.3 Å². The van der Waals surface area contributed by atoms with Gasteiger partial charge in [-0.2, -0.15) is 10.5 Å². The Morgan fingerprint density at radius 1 is 1.08 bits per heavy atom. The van der Waals surface area contributed by atoms with Gasteiger partial charge in [0.1, 0.15) is 0 Å². The SMILES string of the molecule is CC(=O)Nc1cccc(N(CCOCCC#N)CCOCCC#N)c1. The predicted octanol–water partition coefficient (Wildman–Crippen LogP) is 2.31. The topological polar surface area (TPSA) is 98.4 Å². The Morgan fingerprint density at radius 2 is 1.68 bits per heavy atom. The molecule has 25 heavy (non-hydrogen) atoms. The lowest BCUT2D eigenvalue weighted by Gasteiger charge is -2.25. The number of hydrogen-bond donors (Lipinski definition) is 1. The van der Waals surface area contributed by atoms with Crippen molar-refractivity contribution in [2.45, 2.75) is 19.8 Å². The third-order valence-corrected chi connectivity index (χ3v) is 3.26. The van der Waals surface area contributed by atoms with Gasteiger partial charge in [-0.3, -0.25) is 4.79 Å². The maximum absolute atomic E-state index is 11.2. The fourth-order valence-corrected chi connectivity index (χ4v) is 2.14. The number of benzene rings is 1. The minimum atomic E-state index is -0.122. The molecule has 1 aromatic rings. The Labute approximate surface area is 148 Å². The molecule has 7 heteroatoms. The Morgan fingerprint density at radius 3 is 2.20 bits per heavy atom. The molecule has 0 radical (unpaired) electrons. The summed E-state index contributed by atoms with van der Waals surface area (Å²) >= 11 is 0. The van der Waals surface area contributed by atoms with Crippen molar-refractivity contribution in [1.29, 1.82) is 10.5 Å². The van der Waals surface area contributed by atoms with Gasteiger partial charge in [0.2, 0.25) is 5.91 Å². The average molecular weight is 344 g/mol. The molecule has 0 saturated carbocycles. The molecule has 0 spiro atoms. The van der Waals surface area contributed by atoms with Crippen molar-refractivity contribution in [2.24, 2.45) is 0 Å².